The van der Waals surface area contributed by atoms with E-state index < -0.39 is 0 Å². The Morgan fingerprint density at radius 2 is 2.31 bits per heavy atom. The highest BCUT2D eigenvalue weighted by atomic mass is 16.5. The molecule has 4 nitrogen and oxygen atoms in total. The first kappa shape index (κ1) is 12.6. The topological polar surface area (TPSA) is 42.4 Å². The third-order valence-corrected chi connectivity index (χ3v) is 2.48. The van der Waals surface area contributed by atoms with E-state index in [1.807, 2.05) is 6.07 Å². The van der Waals surface area contributed by atoms with E-state index >= 15 is 0 Å². The maximum Gasteiger partial charge on any atom is 0.151 e. The summed E-state index contributed by atoms with van der Waals surface area (Å²) < 4.78 is 5.13. The van der Waals surface area contributed by atoms with Crippen LogP contribution in [0.2, 0.25) is 0 Å². The van der Waals surface area contributed by atoms with Crippen molar-refractivity contribution in [3.63, 3.8) is 0 Å². The van der Waals surface area contributed by atoms with Gasteiger partial charge in [0.05, 0.1) is 12.6 Å². The van der Waals surface area contributed by atoms with Crippen LogP contribution in [0.15, 0.2) is 18.3 Å². The van der Waals surface area contributed by atoms with Crippen LogP contribution in [0.25, 0.3) is 0 Å². The van der Waals surface area contributed by atoms with Gasteiger partial charge >= 0.3 is 0 Å². The van der Waals surface area contributed by atoms with Crippen LogP contribution in [0.3, 0.4) is 0 Å². The molecule has 0 bridgehead atoms. The molecule has 0 fully saturated rings. The van der Waals surface area contributed by atoms with Crippen molar-refractivity contribution in [2.24, 2.45) is 0 Å². The van der Waals surface area contributed by atoms with Crippen molar-refractivity contribution in [1.82, 2.24) is 4.98 Å². The predicted molar refractivity (Wildman–Crippen MR) is 64.0 cm³/mol. The molecule has 0 N–H and O–H groups in total. The number of carbonyl (C=O) groups is 1. The summed E-state index contributed by atoms with van der Waals surface area (Å²) in [5.74, 6) is 0.873. The molecule has 88 valence electrons. The number of aldehydes is 1. The number of methoxy groups -OCH3 is 1. The van der Waals surface area contributed by atoms with Crippen LogP contribution >= 0.6 is 0 Å². The second-order valence-electron chi connectivity index (χ2n) is 3.66. The number of anilines is 1. The van der Waals surface area contributed by atoms with Gasteiger partial charge in [-0.2, -0.15) is 0 Å². The molecule has 0 aliphatic carbocycles. The number of ether oxygens (including phenoxy) is 1. The summed E-state index contributed by atoms with van der Waals surface area (Å²) in [5, 5.41) is 0. The van der Waals surface area contributed by atoms with Gasteiger partial charge in [-0.1, -0.05) is 0 Å². The second kappa shape index (κ2) is 6.23. The van der Waals surface area contributed by atoms with Gasteiger partial charge in [0, 0.05) is 25.4 Å². The van der Waals surface area contributed by atoms with Crippen molar-refractivity contribution in [1.29, 1.82) is 0 Å². The van der Waals surface area contributed by atoms with E-state index in [0.717, 1.165) is 18.6 Å². The first-order valence-corrected chi connectivity index (χ1v) is 5.39. The molecule has 1 rings (SSSR count). The highest BCUT2D eigenvalue weighted by molar-refractivity contribution is 5.74. The van der Waals surface area contributed by atoms with Gasteiger partial charge in [0.25, 0.3) is 0 Å². The Hall–Kier alpha value is -1.42. The number of nitrogens with zero attached hydrogens (tertiary/aromatic N) is 2. The molecular formula is C12H18N2O2. The summed E-state index contributed by atoms with van der Waals surface area (Å²) in [5.41, 5.74) is 0.596. The number of aromatic nitrogens is 1. The van der Waals surface area contributed by atoms with Crippen molar-refractivity contribution >= 4 is 12.1 Å². The van der Waals surface area contributed by atoms with Gasteiger partial charge in [0.15, 0.2) is 6.29 Å². The zero-order valence-electron chi connectivity index (χ0n) is 10.0. The van der Waals surface area contributed by atoms with Crippen molar-refractivity contribution in [2.45, 2.75) is 19.9 Å². The van der Waals surface area contributed by atoms with E-state index in [1.54, 1.807) is 19.4 Å². The third-order valence-electron chi connectivity index (χ3n) is 2.48. The summed E-state index contributed by atoms with van der Waals surface area (Å²) in [7, 11) is 1.69. The maximum atomic E-state index is 10.5. The van der Waals surface area contributed by atoms with Crippen LogP contribution in [0.1, 0.15) is 24.2 Å². The second-order valence-corrected chi connectivity index (χ2v) is 3.66. The number of likely N-dealkylation sites (N-methyl/N-ethyl adjacent to an activating group) is 1. The van der Waals surface area contributed by atoms with Crippen LogP contribution < -0.4 is 4.90 Å². The summed E-state index contributed by atoms with van der Waals surface area (Å²) >= 11 is 0. The average Bonchev–Trinajstić information content (AvgIpc) is 2.31. The van der Waals surface area contributed by atoms with Crippen molar-refractivity contribution in [3.05, 3.63) is 23.9 Å². The molecule has 0 aliphatic rings. The molecule has 0 aliphatic heterocycles. The molecule has 0 spiro atoms. The number of hydrogen-bond acceptors (Lipinski definition) is 4. The summed E-state index contributed by atoms with van der Waals surface area (Å²) in [6.45, 7) is 5.67. The standard InChI is InChI=1S/C12H18N2O2/c1-4-14(10(2)9-16-3)12-6-5-11(8-15)7-13-12/h5-8,10H,4,9H2,1-3H3. The van der Waals surface area contributed by atoms with E-state index in [1.165, 1.54) is 0 Å². The molecule has 0 saturated carbocycles. The van der Waals surface area contributed by atoms with E-state index in [4.69, 9.17) is 4.74 Å². The smallest absolute Gasteiger partial charge is 0.151 e. The Balaban J connectivity index is 2.81. The lowest BCUT2D eigenvalue weighted by Crippen LogP contribution is -2.36. The monoisotopic (exact) mass is 222 g/mol. The highest BCUT2D eigenvalue weighted by Crippen LogP contribution is 2.13. The van der Waals surface area contributed by atoms with Crippen molar-refractivity contribution in [2.75, 3.05) is 25.2 Å². The zero-order valence-corrected chi connectivity index (χ0v) is 10.0. The quantitative estimate of drug-likeness (QED) is 0.688. The molecule has 0 saturated heterocycles. The van der Waals surface area contributed by atoms with Crippen LogP contribution in [-0.2, 0) is 4.74 Å². The average molecular weight is 222 g/mol. The number of hydrogen-bond donors (Lipinski definition) is 0. The van der Waals surface area contributed by atoms with Gasteiger partial charge in [0.1, 0.15) is 5.82 Å². The fourth-order valence-corrected chi connectivity index (χ4v) is 1.67. The van der Waals surface area contributed by atoms with Crippen molar-refractivity contribution in [3.8, 4) is 0 Å². The van der Waals surface area contributed by atoms with Crippen LogP contribution in [0, 0.1) is 0 Å². The lowest BCUT2D eigenvalue weighted by atomic mass is 10.2. The minimum atomic E-state index is 0.268. The normalized spacial score (nSPS) is 12.2. The van der Waals surface area contributed by atoms with Crippen LogP contribution in [-0.4, -0.2) is 37.6 Å². The molecule has 0 aromatic carbocycles. The lowest BCUT2D eigenvalue weighted by molar-refractivity contribution is 0.112. The maximum absolute atomic E-state index is 10.5. The fraction of sp³-hybridized carbons (Fsp3) is 0.500. The summed E-state index contributed by atoms with van der Waals surface area (Å²) in [6.07, 6.45) is 2.39. The minimum absolute atomic E-state index is 0.268. The molecule has 1 unspecified atom stereocenters. The van der Waals surface area contributed by atoms with E-state index in [9.17, 15) is 4.79 Å². The Kier molecular flexibility index (Phi) is 4.92. The SMILES string of the molecule is CCN(c1ccc(C=O)cn1)C(C)COC. The predicted octanol–water partition coefficient (Wildman–Crippen LogP) is 1.76. The van der Waals surface area contributed by atoms with Crippen LogP contribution in [0.4, 0.5) is 5.82 Å². The van der Waals surface area contributed by atoms with Gasteiger partial charge in [-0.05, 0) is 26.0 Å². The number of rotatable bonds is 6. The lowest BCUT2D eigenvalue weighted by Gasteiger charge is -2.28. The Morgan fingerprint density at radius 1 is 1.56 bits per heavy atom. The van der Waals surface area contributed by atoms with E-state index in [-0.39, 0.29) is 6.04 Å². The van der Waals surface area contributed by atoms with Gasteiger partial charge in [-0.25, -0.2) is 4.98 Å². The Labute approximate surface area is 96.2 Å². The van der Waals surface area contributed by atoms with Gasteiger partial charge in [0.2, 0.25) is 0 Å². The Morgan fingerprint density at radius 3 is 2.75 bits per heavy atom. The minimum Gasteiger partial charge on any atom is -0.383 e. The molecule has 1 atom stereocenters. The fourth-order valence-electron chi connectivity index (χ4n) is 1.67. The number of pyridine rings is 1. The summed E-state index contributed by atoms with van der Waals surface area (Å²) in [4.78, 5) is 16.9. The first-order valence-electron chi connectivity index (χ1n) is 5.39. The Bertz CT molecular complexity index is 324. The van der Waals surface area contributed by atoms with E-state index in [2.05, 4.69) is 23.7 Å². The van der Waals surface area contributed by atoms with Gasteiger partial charge < -0.3 is 9.64 Å². The zero-order chi connectivity index (χ0) is 12.0. The largest absolute Gasteiger partial charge is 0.383 e. The van der Waals surface area contributed by atoms with Crippen molar-refractivity contribution < 1.29 is 9.53 Å². The molecule has 1 heterocycles. The molecule has 1 aromatic rings. The van der Waals surface area contributed by atoms with Crippen LogP contribution in [0.5, 0.6) is 0 Å². The molecule has 0 amide bonds. The molecule has 1 aromatic heterocycles. The summed E-state index contributed by atoms with van der Waals surface area (Å²) in [6, 6.07) is 3.90. The van der Waals surface area contributed by atoms with E-state index in [0.29, 0.717) is 12.2 Å². The molecular weight excluding hydrogens is 204 g/mol. The molecule has 0 radical (unpaired) electrons. The van der Waals surface area contributed by atoms with Gasteiger partial charge in [-0.15, -0.1) is 0 Å². The van der Waals surface area contributed by atoms with Gasteiger partial charge in [-0.3, -0.25) is 4.79 Å². The highest BCUT2D eigenvalue weighted by Gasteiger charge is 2.13. The number of carbonyl (C=O) groups excluding carboxylic acids is 1. The third kappa shape index (κ3) is 3.03. The first-order chi connectivity index (χ1) is 7.72. The molecule has 4 heteroatoms. The molecule has 16 heavy (non-hydrogen) atoms.